The highest BCUT2D eigenvalue weighted by Crippen LogP contribution is 2.31. The Hall–Kier alpha value is 0.270. The molecule has 4 atom stereocenters. The zero-order chi connectivity index (χ0) is 10.7. The summed E-state index contributed by atoms with van der Waals surface area (Å²) in [4.78, 5) is 0. The minimum Gasteiger partial charge on any atom is -0.392 e. The summed E-state index contributed by atoms with van der Waals surface area (Å²) in [5, 5.41) is 14.3. The highest BCUT2D eigenvalue weighted by atomic mass is 32.2. The van der Waals surface area contributed by atoms with Crippen molar-refractivity contribution in [3.8, 4) is 0 Å². The molecule has 0 bridgehead atoms. The van der Waals surface area contributed by atoms with E-state index < -0.39 is 0 Å². The summed E-state index contributed by atoms with van der Waals surface area (Å²) in [5.74, 6) is 1.22. The standard InChI is InChI=1S/C12H23NOS/c1-2-15-12-8-4-6-10(12)13-9-5-3-7-11(9)14/h9-14H,2-8H2,1H3/t9-,10?,11-,12?/m0/s1. The van der Waals surface area contributed by atoms with Gasteiger partial charge < -0.3 is 10.4 Å². The molecule has 2 unspecified atom stereocenters. The Balaban J connectivity index is 1.82. The lowest BCUT2D eigenvalue weighted by atomic mass is 10.1. The fourth-order valence-corrected chi connectivity index (χ4v) is 4.15. The predicted molar refractivity (Wildman–Crippen MR) is 66.3 cm³/mol. The highest BCUT2D eigenvalue weighted by Gasteiger charge is 2.32. The molecule has 2 nitrogen and oxygen atoms in total. The maximum Gasteiger partial charge on any atom is 0.0693 e. The van der Waals surface area contributed by atoms with Crippen LogP contribution in [0.25, 0.3) is 0 Å². The fraction of sp³-hybridized carbons (Fsp3) is 1.00. The lowest BCUT2D eigenvalue weighted by molar-refractivity contribution is 0.143. The van der Waals surface area contributed by atoms with Crippen LogP contribution < -0.4 is 5.32 Å². The summed E-state index contributed by atoms with van der Waals surface area (Å²) >= 11 is 2.09. The third-order valence-corrected chi connectivity index (χ3v) is 5.07. The van der Waals surface area contributed by atoms with Crippen molar-refractivity contribution in [2.24, 2.45) is 0 Å². The van der Waals surface area contributed by atoms with Crippen LogP contribution in [-0.4, -0.2) is 34.3 Å². The normalized spacial score (nSPS) is 41.2. The Morgan fingerprint density at radius 1 is 1.13 bits per heavy atom. The first-order chi connectivity index (χ1) is 7.31. The SMILES string of the molecule is CCSC1CCCC1N[C@H]1CCC[C@@H]1O. The molecule has 0 aliphatic heterocycles. The molecule has 0 radical (unpaired) electrons. The number of aliphatic hydroxyl groups excluding tert-OH is 1. The van der Waals surface area contributed by atoms with Gasteiger partial charge in [0.1, 0.15) is 0 Å². The molecule has 0 amide bonds. The van der Waals surface area contributed by atoms with Crippen molar-refractivity contribution in [2.45, 2.75) is 68.9 Å². The summed E-state index contributed by atoms with van der Waals surface area (Å²) in [5.41, 5.74) is 0. The van der Waals surface area contributed by atoms with Gasteiger partial charge in [0.15, 0.2) is 0 Å². The summed E-state index contributed by atoms with van der Waals surface area (Å²) in [7, 11) is 0. The summed E-state index contributed by atoms with van der Waals surface area (Å²) in [6.07, 6.45) is 7.30. The van der Waals surface area contributed by atoms with Gasteiger partial charge in [0.05, 0.1) is 6.10 Å². The van der Waals surface area contributed by atoms with Crippen molar-refractivity contribution in [1.82, 2.24) is 5.32 Å². The number of thioether (sulfide) groups is 1. The van der Waals surface area contributed by atoms with Crippen LogP contribution in [0.2, 0.25) is 0 Å². The van der Waals surface area contributed by atoms with Crippen molar-refractivity contribution >= 4 is 11.8 Å². The van der Waals surface area contributed by atoms with Crippen LogP contribution >= 0.6 is 11.8 Å². The van der Waals surface area contributed by atoms with Gasteiger partial charge in [-0.25, -0.2) is 0 Å². The van der Waals surface area contributed by atoms with Crippen LogP contribution in [0.15, 0.2) is 0 Å². The number of hydrogen-bond donors (Lipinski definition) is 2. The van der Waals surface area contributed by atoms with E-state index in [2.05, 4.69) is 24.0 Å². The van der Waals surface area contributed by atoms with Gasteiger partial charge in [0, 0.05) is 17.3 Å². The topological polar surface area (TPSA) is 32.3 Å². The summed E-state index contributed by atoms with van der Waals surface area (Å²) < 4.78 is 0. The van der Waals surface area contributed by atoms with Crippen LogP contribution in [0.5, 0.6) is 0 Å². The first kappa shape index (κ1) is 11.7. The molecule has 15 heavy (non-hydrogen) atoms. The van der Waals surface area contributed by atoms with Crippen molar-refractivity contribution < 1.29 is 5.11 Å². The molecule has 2 rings (SSSR count). The Kier molecular flexibility index (Phi) is 4.35. The van der Waals surface area contributed by atoms with Crippen LogP contribution in [0, 0.1) is 0 Å². The fourth-order valence-electron chi connectivity index (χ4n) is 2.94. The van der Waals surface area contributed by atoms with Gasteiger partial charge in [0.25, 0.3) is 0 Å². The van der Waals surface area contributed by atoms with E-state index in [1.54, 1.807) is 0 Å². The Labute approximate surface area is 97.2 Å². The van der Waals surface area contributed by atoms with Gasteiger partial charge in [-0.3, -0.25) is 0 Å². The smallest absolute Gasteiger partial charge is 0.0693 e. The molecular weight excluding hydrogens is 206 g/mol. The summed E-state index contributed by atoms with van der Waals surface area (Å²) in [6, 6.07) is 1.04. The van der Waals surface area contributed by atoms with Gasteiger partial charge in [-0.2, -0.15) is 11.8 Å². The maximum absolute atomic E-state index is 9.80. The second-order valence-electron chi connectivity index (χ2n) is 4.80. The van der Waals surface area contributed by atoms with E-state index >= 15 is 0 Å². The molecule has 2 saturated carbocycles. The minimum atomic E-state index is -0.0853. The molecule has 2 aliphatic rings. The van der Waals surface area contributed by atoms with Gasteiger partial charge in [-0.05, 0) is 37.9 Å². The molecule has 2 N–H and O–H groups in total. The van der Waals surface area contributed by atoms with Crippen LogP contribution in [-0.2, 0) is 0 Å². The Morgan fingerprint density at radius 3 is 2.53 bits per heavy atom. The predicted octanol–water partition coefficient (Wildman–Crippen LogP) is 2.16. The zero-order valence-corrected chi connectivity index (χ0v) is 10.4. The molecule has 0 aromatic heterocycles. The third kappa shape index (κ3) is 2.89. The number of hydrogen-bond acceptors (Lipinski definition) is 3. The average molecular weight is 229 g/mol. The number of rotatable bonds is 4. The minimum absolute atomic E-state index is 0.0853. The van der Waals surface area contributed by atoms with Crippen LogP contribution in [0.1, 0.15) is 45.4 Å². The molecule has 0 aromatic rings. The molecule has 0 aromatic carbocycles. The van der Waals surface area contributed by atoms with Gasteiger partial charge in [-0.1, -0.05) is 13.3 Å². The maximum atomic E-state index is 9.80. The molecular formula is C12H23NOS. The van der Waals surface area contributed by atoms with Gasteiger partial charge >= 0.3 is 0 Å². The average Bonchev–Trinajstić information content (AvgIpc) is 2.80. The van der Waals surface area contributed by atoms with E-state index in [-0.39, 0.29) is 6.10 Å². The lowest BCUT2D eigenvalue weighted by Crippen LogP contribution is -2.45. The third-order valence-electron chi connectivity index (χ3n) is 3.74. The van der Waals surface area contributed by atoms with Crippen molar-refractivity contribution in [1.29, 1.82) is 0 Å². The molecule has 2 fully saturated rings. The monoisotopic (exact) mass is 229 g/mol. The molecule has 0 heterocycles. The largest absolute Gasteiger partial charge is 0.392 e. The lowest BCUT2D eigenvalue weighted by Gasteiger charge is -2.26. The number of aliphatic hydroxyl groups is 1. The van der Waals surface area contributed by atoms with E-state index in [4.69, 9.17) is 0 Å². The van der Waals surface area contributed by atoms with E-state index in [0.717, 1.165) is 11.7 Å². The molecule has 3 heteroatoms. The Morgan fingerprint density at radius 2 is 1.87 bits per heavy atom. The second-order valence-corrected chi connectivity index (χ2v) is 6.32. The Bertz CT molecular complexity index is 200. The van der Waals surface area contributed by atoms with Gasteiger partial charge in [0.2, 0.25) is 0 Å². The molecule has 88 valence electrons. The molecule has 2 aliphatic carbocycles. The zero-order valence-electron chi connectivity index (χ0n) is 9.61. The van der Waals surface area contributed by atoms with E-state index in [9.17, 15) is 5.11 Å². The van der Waals surface area contributed by atoms with E-state index in [1.807, 2.05) is 0 Å². The molecule has 0 saturated heterocycles. The highest BCUT2D eigenvalue weighted by molar-refractivity contribution is 7.99. The summed E-state index contributed by atoms with van der Waals surface area (Å²) in [6.45, 7) is 2.24. The van der Waals surface area contributed by atoms with Crippen LogP contribution in [0.3, 0.4) is 0 Å². The van der Waals surface area contributed by atoms with Crippen molar-refractivity contribution in [2.75, 3.05) is 5.75 Å². The molecule has 0 spiro atoms. The quantitative estimate of drug-likeness (QED) is 0.775. The first-order valence-corrected chi connectivity index (χ1v) is 7.42. The van der Waals surface area contributed by atoms with E-state index in [1.165, 1.54) is 37.9 Å². The van der Waals surface area contributed by atoms with Crippen molar-refractivity contribution in [3.63, 3.8) is 0 Å². The van der Waals surface area contributed by atoms with Crippen molar-refractivity contribution in [3.05, 3.63) is 0 Å². The van der Waals surface area contributed by atoms with Crippen LogP contribution in [0.4, 0.5) is 0 Å². The first-order valence-electron chi connectivity index (χ1n) is 6.37. The number of nitrogens with one attached hydrogen (secondary N) is 1. The second kappa shape index (κ2) is 5.55. The van der Waals surface area contributed by atoms with E-state index in [0.29, 0.717) is 12.1 Å². The van der Waals surface area contributed by atoms with Gasteiger partial charge in [-0.15, -0.1) is 0 Å².